The molecule has 6 heterocycles. The lowest BCUT2D eigenvalue weighted by Crippen LogP contribution is -2.47. The van der Waals surface area contributed by atoms with E-state index in [1.54, 1.807) is 49.1 Å². The fourth-order valence-electron chi connectivity index (χ4n) is 7.25. The van der Waals surface area contributed by atoms with Crippen molar-refractivity contribution >= 4 is 74.2 Å². The zero-order valence-electron chi connectivity index (χ0n) is 31.0. The van der Waals surface area contributed by atoms with E-state index in [1.807, 2.05) is 24.1 Å². The third-order valence-corrected chi connectivity index (χ3v) is 10.4. The molecular weight excluding hydrogens is 758 g/mol. The Labute approximate surface area is 329 Å². The number of benzene rings is 2. The maximum absolute atomic E-state index is 13.0. The number of carbonyl (C=O) groups is 2. The number of halogens is 1. The minimum absolute atomic E-state index is 0.0371. The molecule has 2 aliphatic rings. The van der Waals surface area contributed by atoms with Gasteiger partial charge in [-0.3, -0.25) is 19.6 Å². The Balaban J connectivity index is 1.02. The molecule has 1 atom stereocenters. The van der Waals surface area contributed by atoms with E-state index in [2.05, 4.69) is 52.0 Å². The number of nitrogens with zero attached hydrogens (tertiary/aromatic N) is 10. The van der Waals surface area contributed by atoms with Crippen LogP contribution in [-0.2, 0) is 28.3 Å². The van der Waals surface area contributed by atoms with Crippen LogP contribution in [0.15, 0.2) is 65.8 Å². The van der Waals surface area contributed by atoms with Crippen molar-refractivity contribution in [3.05, 3.63) is 88.1 Å². The van der Waals surface area contributed by atoms with E-state index in [0.717, 1.165) is 16.6 Å². The molecule has 8 rings (SSSR count). The molecule has 1 unspecified atom stereocenters. The average molecular weight is 796 g/mol. The largest absolute Gasteiger partial charge is 0.377 e. The minimum atomic E-state index is -3.53. The molecule has 0 aliphatic carbocycles. The van der Waals surface area contributed by atoms with Crippen molar-refractivity contribution in [1.29, 1.82) is 0 Å². The van der Waals surface area contributed by atoms with Crippen molar-refractivity contribution in [2.75, 3.05) is 46.6 Å². The van der Waals surface area contributed by atoms with E-state index in [0.29, 0.717) is 66.1 Å². The number of piperazine rings is 1. The maximum atomic E-state index is 13.0. The highest BCUT2D eigenvalue weighted by Gasteiger charge is 2.33. The van der Waals surface area contributed by atoms with Gasteiger partial charge in [-0.1, -0.05) is 11.6 Å². The maximum Gasteiger partial charge on any atom is 0.377 e. The topological polar surface area (TPSA) is 242 Å². The lowest BCUT2D eigenvalue weighted by molar-refractivity contribution is -0.374. The summed E-state index contributed by atoms with van der Waals surface area (Å²) in [6.07, 6.45) is 1.84. The molecule has 0 spiro atoms. The van der Waals surface area contributed by atoms with Crippen LogP contribution in [0.4, 0.5) is 29.0 Å². The molecule has 2 aliphatic heterocycles. The van der Waals surface area contributed by atoms with Crippen LogP contribution in [0.5, 0.6) is 0 Å². The van der Waals surface area contributed by atoms with Crippen LogP contribution in [0.25, 0.3) is 21.8 Å². The number of aryl methyl sites for hydroxylation is 1. The van der Waals surface area contributed by atoms with Gasteiger partial charge in [0, 0.05) is 74.2 Å². The van der Waals surface area contributed by atoms with E-state index >= 15 is 0 Å². The smallest absolute Gasteiger partial charge is 0.368 e. The van der Waals surface area contributed by atoms with Gasteiger partial charge in [0.05, 0.1) is 34.4 Å². The second-order valence-electron chi connectivity index (χ2n) is 14.4. The van der Waals surface area contributed by atoms with E-state index < -0.39 is 23.2 Å². The first kappa shape index (κ1) is 37.6. The van der Waals surface area contributed by atoms with Crippen molar-refractivity contribution in [3.8, 4) is 0 Å². The fourth-order valence-corrected chi connectivity index (χ4v) is 7.39. The Morgan fingerprint density at radius 2 is 1.61 bits per heavy atom. The van der Waals surface area contributed by atoms with Crippen LogP contribution in [0, 0.1) is 0 Å². The zero-order valence-corrected chi connectivity index (χ0v) is 31.8. The molecule has 19 nitrogen and oxygen atoms in total. The van der Waals surface area contributed by atoms with Gasteiger partial charge < -0.3 is 35.8 Å². The van der Waals surface area contributed by atoms with Gasteiger partial charge in [0.15, 0.2) is 11.6 Å². The number of nitrogens with one attached hydrogen (secondary N) is 3. The monoisotopic (exact) mass is 795 g/mol. The van der Waals surface area contributed by atoms with Crippen LogP contribution in [0.3, 0.4) is 0 Å². The number of aliphatic hydroxyl groups is 3. The summed E-state index contributed by atoms with van der Waals surface area (Å²) in [6, 6.07) is 12.3. The predicted molar refractivity (Wildman–Crippen MR) is 210 cm³/mol. The highest BCUT2D eigenvalue weighted by molar-refractivity contribution is 6.33. The molecule has 294 valence electrons. The number of piperidine rings is 1. The number of carbonyl (C=O) groups excluding carboxylic acids is 2. The highest BCUT2D eigenvalue weighted by atomic mass is 35.5. The summed E-state index contributed by atoms with van der Waals surface area (Å²) in [7, 11) is 1.85. The Hall–Kier alpha value is -6.28. The summed E-state index contributed by atoms with van der Waals surface area (Å²) >= 11 is 6.58. The Bertz CT molecular complexity index is 2600. The van der Waals surface area contributed by atoms with Crippen molar-refractivity contribution in [3.63, 3.8) is 0 Å². The summed E-state index contributed by atoms with van der Waals surface area (Å²) in [5.74, 6) is 0.171. The predicted octanol–water partition coefficient (Wildman–Crippen LogP) is 2.00. The summed E-state index contributed by atoms with van der Waals surface area (Å²) in [5.41, 5.74) is 0.922. The summed E-state index contributed by atoms with van der Waals surface area (Å²) in [4.78, 5) is 63.5. The molecule has 2 amide bonds. The van der Waals surface area contributed by atoms with Gasteiger partial charge in [-0.2, -0.15) is 15.1 Å². The molecule has 6 aromatic rings. The van der Waals surface area contributed by atoms with Gasteiger partial charge in [-0.15, -0.1) is 0 Å². The molecule has 0 radical (unpaired) electrons. The molecule has 0 bridgehead atoms. The van der Waals surface area contributed by atoms with Crippen LogP contribution in [-0.4, -0.2) is 92.6 Å². The first-order valence-corrected chi connectivity index (χ1v) is 18.4. The number of anilines is 5. The second kappa shape index (κ2) is 14.3. The van der Waals surface area contributed by atoms with Crippen LogP contribution in [0.1, 0.15) is 44.1 Å². The van der Waals surface area contributed by atoms with E-state index in [1.165, 1.54) is 12.3 Å². The number of hydrogen-bond acceptors (Lipinski definition) is 16. The van der Waals surface area contributed by atoms with E-state index in [9.17, 15) is 29.7 Å². The lowest BCUT2D eigenvalue weighted by atomic mass is 9.93. The van der Waals surface area contributed by atoms with Gasteiger partial charge in [0.2, 0.25) is 17.8 Å². The number of aromatic nitrogens is 8. The summed E-state index contributed by atoms with van der Waals surface area (Å²) < 4.78 is 2.12. The standard InChI is InChI=1S/C37H38ClN13O6/c1-36(2,33-39-11-4-12-40-33)46-30-24-17-20(5-9-26(24)51(35(54)45-30)37(55,56)57)42-31-25(38)19-41-34(44-31)50-15-13-49(14-16-50)21-6-7-22-27(18-21)48(3)47-29(22)23-8-10-28(52)43-32(23)53/h4-7,9,11-12,17-19,23,55-57H,8,10,13-16H2,1-3H3,(H,41,42,44)(H,43,52,53)(H,45,46,54). The SMILES string of the molecule is Cn1nc(C2CCC(=O)NC2=O)c2ccc(N3CCN(c4ncc(Cl)c(Nc5ccc6c(c5)c(NC(C)(C)c5ncccn5)nc(=O)n6C(O)(O)O)n4)CC3)cc21. The van der Waals surface area contributed by atoms with E-state index in [4.69, 9.17) is 16.6 Å². The molecule has 20 heteroatoms. The summed E-state index contributed by atoms with van der Waals surface area (Å²) in [6.45, 7) is 6.12. The Morgan fingerprint density at radius 3 is 2.33 bits per heavy atom. The van der Waals surface area contributed by atoms with Gasteiger partial charge in [0.1, 0.15) is 10.8 Å². The number of rotatable bonds is 9. The van der Waals surface area contributed by atoms with Crippen LogP contribution >= 0.6 is 11.6 Å². The molecule has 6 N–H and O–H groups in total. The first-order valence-electron chi connectivity index (χ1n) is 18.1. The third-order valence-electron chi connectivity index (χ3n) is 10.1. The van der Waals surface area contributed by atoms with Crippen molar-refractivity contribution in [2.45, 2.75) is 44.2 Å². The number of fused-ring (bicyclic) bond motifs is 2. The van der Waals surface area contributed by atoms with Crippen LogP contribution < -0.4 is 31.4 Å². The molecular formula is C37H38ClN13O6. The average Bonchev–Trinajstić information content (AvgIpc) is 3.50. The second-order valence-corrected chi connectivity index (χ2v) is 14.8. The lowest BCUT2D eigenvalue weighted by Gasteiger charge is -2.36. The van der Waals surface area contributed by atoms with E-state index in [-0.39, 0.29) is 40.0 Å². The number of hydrogen-bond donors (Lipinski definition) is 6. The molecule has 2 saturated heterocycles. The molecule has 4 aromatic heterocycles. The molecule has 0 saturated carbocycles. The Kier molecular flexibility index (Phi) is 9.47. The van der Waals surface area contributed by atoms with Crippen molar-refractivity contribution in [1.82, 2.24) is 44.6 Å². The molecule has 57 heavy (non-hydrogen) atoms. The first-order chi connectivity index (χ1) is 27.2. The number of imide groups is 1. The zero-order chi connectivity index (χ0) is 40.2. The van der Waals surface area contributed by atoms with Crippen molar-refractivity contribution in [2.24, 2.45) is 7.05 Å². The molecule has 2 aromatic carbocycles. The fraction of sp³-hybridized carbons (Fsp3) is 0.324. The third kappa shape index (κ3) is 7.28. The molecule has 2 fully saturated rings. The minimum Gasteiger partial charge on any atom is -0.368 e. The van der Waals surface area contributed by atoms with Gasteiger partial charge >= 0.3 is 11.8 Å². The summed E-state index contributed by atoms with van der Waals surface area (Å²) in [5, 5.41) is 45.0. The van der Waals surface area contributed by atoms with Gasteiger partial charge in [0.25, 0.3) is 0 Å². The van der Waals surface area contributed by atoms with Gasteiger partial charge in [-0.25, -0.2) is 24.3 Å². The van der Waals surface area contributed by atoms with Crippen molar-refractivity contribution < 1.29 is 24.9 Å². The van der Waals surface area contributed by atoms with Gasteiger partial charge in [-0.05, 0) is 62.7 Å². The van der Waals surface area contributed by atoms with Crippen LogP contribution in [0.2, 0.25) is 5.02 Å². The number of amides is 2. The normalized spacial score (nSPS) is 16.6. The quantitative estimate of drug-likeness (QED) is 0.0906. The highest BCUT2D eigenvalue weighted by Crippen LogP contribution is 2.34. The Morgan fingerprint density at radius 1 is 0.877 bits per heavy atom.